The van der Waals surface area contributed by atoms with Crippen molar-refractivity contribution < 1.29 is 4.39 Å². The van der Waals surface area contributed by atoms with E-state index in [1.807, 2.05) is 0 Å². The summed E-state index contributed by atoms with van der Waals surface area (Å²) in [5.41, 5.74) is 6.27. The fourth-order valence-electron chi connectivity index (χ4n) is 1.62. The fourth-order valence-corrected chi connectivity index (χ4v) is 1.82. The SMILES string of the molecule is NC(=S)c1ccc(F)cc1Cn1cccnc1=O. The first-order chi connectivity index (χ1) is 8.58. The third kappa shape index (κ3) is 2.60. The number of thiocarbonyl (C=S) groups is 1. The number of rotatable bonds is 3. The smallest absolute Gasteiger partial charge is 0.347 e. The molecule has 2 aromatic rings. The number of benzene rings is 1. The van der Waals surface area contributed by atoms with Gasteiger partial charge in [0.1, 0.15) is 10.8 Å². The summed E-state index contributed by atoms with van der Waals surface area (Å²) in [4.78, 5) is 15.3. The third-order valence-electron chi connectivity index (χ3n) is 2.46. The first-order valence-electron chi connectivity index (χ1n) is 5.17. The normalized spacial score (nSPS) is 10.3. The molecule has 0 fully saturated rings. The maximum atomic E-state index is 13.2. The lowest BCUT2D eigenvalue weighted by molar-refractivity contribution is 0.621. The second-order valence-electron chi connectivity index (χ2n) is 3.70. The quantitative estimate of drug-likeness (QED) is 0.841. The Morgan fingerprint density at radius 1 is 1.50 bits per heavy atom. The molecular weight excluding hydrogens is 253 g/mol. The highest BCUT2D eigenvalue weighted by Crippen LogP contribution is 2.12. The van der Waals surface area contributed by atoms with Gasteiger partial charge < -0.3 is 5.73 Å². The van der Waals surface area contributed by atoms with Crippen LogP contribution in [0.5, 0.6) is 0 Å². The van der Waals surface area contributed by atoms with Crippen LogP contribution in [0.4, 0.5) is 4.39 Å². The Morgan fingerprint density at radius 2 is 2.28 bits per heavy atom. The molecule has 0 radical (unpaired) electrons. The van der Waals surface area contributed by atoms with Gasteiger partial charge in [-0.2, -0.15) is 0 Å². The van der Waals surface area contributed by atoms with E-state index in [1.165, 1.54) is 29.0 Å². The molecule has 2 rings (SSSR count). The zero-order chi connectivity index (χ0) is 13.1. The predicted molar refractivity (Wildman–Crippen MR) is 69.9 cm³/mol. The van der Waals surface area contributed by atoms with E-state index in [-0.39, 0.29) is 11.5 Å². The molecule has 0 aliphatic heterocycles. The van der Waals surface area contributed by atoms with Crippen molar-refractivity contribution in [3.8, 4) is 0 Å². The van der Waals surface area contributed by atoms with Gasteiger partial charge >= 0.3 is 5.69 Å². The van der Waals surface area contributed by atoms with Gasteiger partial charge in [-0.1, -0.05) is 12.2 Å². The Hall–Kier alpha value is -2.08. The van der Waals surface area contributed by atoms with E-state index in [0.717, 1.165) is 0 Å². The van der Waals surface area contributed by atoms with Crippen molar-refractivity contribution in [1.82, 2.24) is 9.55 Å². The highest BCUT2D eigenvalue weighted by molar-refractivity contribution is 7.80. The minimum Gasteiger partial charge on any atom is -0.389 e. The maximum Gasteiger partial charge on any atom is 0.347 e. The molecule has 92 valence electrons. The molecule has 6 heteroatoms. The molecule has 0 aliphatic carbocycles. The molecule has 1 aromatic heterocycles. The standard InChI is InChI=1S/C12H10FN3OS/c13-9-2-3-10(11(14)18)8(6-9)7-16-5-1-4-15-12(16)17/h1-6H,7H2,(H2,14,18). The first kappa shape index (κ1) is 12.4. The Bertz CT molecular complexity index is 654. The van der Waals surface area contributed by atoms with Crippen LogP contribution >= 0.6 is 12.2 Å². The Labute approximate surface area is 108 Å². The van der Waals surface area contributed by atoms with Crippen LogP contribution in [-0.4, -0.2) is 14.5 Å². The average Bonchev–Trinajstić information content (AvgIpc) is 2.32. The Morgan fingerprint density at radius 3 is 2.94 bits per heavy atom. The van der Waals surface area contributed by atoms with Crippen molar-refractivity contribution in [1.29, 1.82) is 0 Å². The van der Waals surface area contributed by atoms with Crippen molar-refractivity contribution in [3.63, 3.8) is 0 Å². The molecule has 0 spiro atoms. The second kappa shape index (κ2) is 5.05. The molecule has 2 N–H and O–H groups in total. The summed E-state index contributed by atoms with van der Waals surface area (Å²) in [6.07, 6.45) is 2.97. The van der Waals surface area contributed by atoms with Gasteiger partial charge in [0.15, 0.2) is 0 Å². The number of aromatic nitrogens is 2. The van der Waals surface area contributed by atoms with E-state index in [0.29, 0.717) is 11.1 Å². The van der Waals surface area contributed by atoms with Crippen molar-refractivity contribution in [2.24, 2.45) is 5.73 Å². The summed E-state index contributed by atoms with van der Waals surface area (Å²) < 4.78 is 14.6. The average molecular weight is 263 g/mol. The predicted octanol–water partition coefficient (Wildman–Crippen LogP) is 1.06. The minimum absolute atomic E-state index is 0.168. The van der Waals surface area contributed by atoms with E-state index < -0.39 is 11.5 Å². The lowest BCUT2D eigenvalue weighted by Crippen LogP contribution is -2.23. The van der Waals surface area contributed by atoms with E-state index in [9.17, 15) is 9.18 Å². The highest BCUT2D eigenvalue weighted by Gasteiger charge is 2.08. The van der Waals surface area contributed by atoms with Crippen LogP contribution in [0.25, 0.3) is 0 Å². The van der Waals surface area contributed by atoms with Gasteiger partial charge in [0.05, 0.1) is 6.54 Å². The number of nitrogens with two attached hydrogens (primary N) is 1. The van der Waals surface area contributed by atoms with Gasteiger partial charge in [-0.05, 0) is 29.8 Å². The molecule has 0 saturated carbocycles. The summed E-state index contributed by atoms with van der Waals surface area (Å²) >= 11 is 4.89. The van der Waals surface area contributed by atoms with Crippen molar-refractivity contribution in [3.05, 3.63) is 64.1 Å². The molecule has 0 saturated heterocycles. The van der Waals surface area contributed by atoms with Crippen molar-refractivity contribution >= 4 is 17.2 Å². The van der Waals surface area contributed by atoms with E-state index >= 15 is 0 Å². The zero-order valence-corrected chi connectivity index (χ0v) is 10.2. The lowest BCUT2D eigenvalue weighted by atomic mass is 10.1. The fraction of sp³-hybridized carbons (Fsp3) is 0.0833. The monoisotopic (exact) mass is 263 g/mol. The van der Waals surface area contributed by atoms with Crippen LogP contribution in [0.1, 0.15) is 11.1 Å². The number of hydrogen-bond donors (Lipinski definition) is 1. The number of hydrogen-bond acceptors (Lipinski definition) is 3. The lowest BCUT2D eigenvalue weighted by Gasteiger charge is -2.09. The van der Waals surface area contributed by atoms with E-state index in [2.05, 4.69) is 4.98 Å². The van der Waals surface area contributed by atoms with E-state index in [4.69, 9.17) is 18.0 Å². The van der Waals surface area contributed by atoms with Gasteiger partial charge in [-0.3, -0.25) is 4.57 Å². The molecule has 0 atom stereocenters. The van der Waals surface area contributed by atoms with Crippen LogP contribution in [0.2, 0.25) is 0 Å². The van der Waals surface area contributed by atoms with Gasteiger partial charge in [-0.25, -0.2) is 14.2 Å². The van der Waals surface area contributed by atoms with Crippen LogP contribution in [0.3, 0.4) is 0 Å². The number of halogens is 1. The number of nitrogens with zero attached hydrogens (tertiary/aromatic N) is 2. The van der Waals surface area contributed by atoms with Gasteiger partial charge in [0.2, 0.25) is 0 Å². The summed E-state index contributed by atoms with van der Waals surface area (Å²) in [6.45, 7) is 0.178. The van der Waals surface area contributed by atoms with Crippen LogP contribution in [0, 0.1) is 5.82 Å². The topological polar surface area (TPSA) is 60.9 Å². The highest BCUT2D eigenvalue weighted by atomic mass is 32.1. The van der Waals surface area contributed by atoms with Crippen LogP contribution in [0.15, 0.2) is 41.5 Å². The zero-order valence-electron chi connectivity index (χ0n) is 9.34. The first-order valence-corrected chi connectivity index (χ1v) is 5.58. The van der Waals surface area contributed by atoms with E-state index in [1.54, 1.807) is 12.3 Å². The summed E-state index contributed by atoms with van der Waals surface area (Å²) in [5, 5.41) is 0. The molecule has 0 unspecified atom stereocenters. The molecule has 0 amide bonds. The molecule has 1 aromatic carbocycles. The molecule has 1 heterocycles. The molecule has 0 bridgehead atoms. The molecule has 0 aliphatic rings. The van der Waals surface area contributed by atoms with Gasteiger partial charge in [0.25, 0.3) is 0 Å². The summed E-state index contributed by atoms with van der Waals surface area (Å²) in [5.74, 6) is -0.401. The minimum atomic E-state index is -0.407. The second-order valence-corrected chi connectivity index (χ2v) is 4.14. The van der Waals surface area contributed by atoms with Crippen molar-refractivity contribution in [2.45, 2.75) is 6.54 Å². The molecule has 4 nitrogen and oxygen atoms in total. The Balaban J connectivity index is 2.46. The summed E-state index contributed by atoms with van der Waals surface area (Å²) in [7, 11) is 0. The van der Waals surface area contributed by atoms with Crippen molar-refractivity contribution in [2.75, 3.05) is 0 Å². The van der Waals surface area contributed by atoms with Gasteiger partial charge in [-0.15, -0.1) is 0 Å². The molecular formula is C12H10FN3OS. The third-order valence-corrected chi connectivity index (χ3v) is 2.68. The Kier molecular flexibility index (Phi) is 3.47. The van der Waals surface area contributed by atoms with Gasteiger partial charge in [0, 0.05) is 18.0 Å². The van der Waals surface area contributed by atoms with Crippen LogP contribution < -0.4 is 11.4 Å². The summed E-state index contributed by atoms with van der Waals surface area (Å²) in [6, 6.07) is 5.73. The largest absolute Gasteiger partial charge is 0.389 e. The maximum absolute atomic E-state index is 13.2. The molecule has 18 heavy (non-hydrogen) atoms. The van der Waals surface area contributed by atoms with Crippen LogP contribution in [-0.2, 0) is 6.54 Å².